The van der Waals surface area contributed by atoms with Gasteiger partial charge in [0.05, 0.1) is 12.7 Å². The summed E-state index contributed by atoms with van der Waals surface area (Å²) in [5, 5.41) is 3.32. The zero-order valence-electron chi connectivity index (χ0n) is 9.34. The third-order valence-corrected chi connectivity index (χ3v) is 2.80. The highest BCUT2D eigenvalue weighted by Crippen LogP contribution is 2.26. The second-order valence-corrected chi connectivity index (χ2v) is 4.28. The number of nitrogens with one attached hydrogen (secondary N) is 1. The van der Waals surface area contributed by atoms with Crippen molar-refractivity contribution in [2.24, 2.45) is 0 Å². The molecule has 0 bridgehead atoms. The molecule has 16 heavy (non-hydrogen) atoms. The van der Waals surface area contributed by atoms with E-state index in [0.29, 0.717) is 12.2 Å². The standard InChI is InChI=1S/C12H15F2NO/c1-7-6-16-12(8(2)15-7)9-3-4-10(13)11(14)5-9/h3-5,7-8,12,15H,6H2,1-2H3. The fourth-order valence-electron chi connectivity index (χ4n) is 2.05. The quantitative estimate of drug-likeness (QED) is 0.795. The summed E-state index contributed by atoms with van der Waals surface area (Å²) in [5.41, 5.74) is 0.672. The molecule has 1 N–H and O–H groups in total. The van der Waals surface area contributed by atoms with Crippen molar-refractivity contribution in [1.29, 1.82) is 0 Å². The second kappa shape index (κ2) is 4.47. The number of rotatable bonds is 1. The molecule has 0 amide bonds. The lowest BCUT2D eigenvalue weighted by atomic mass is 10.0. The minimum absolute atomic E-state index is 0.0913. The summed E-state index contributed by atoms with van der Waals surface area (Å²) >= 11 is 0. The fourth-order valence-corrected chi connectivity index (χ4v) is 2.05. The van der Waals surface area contributed by atoms with E-state index in [1.54, 1.807) is 6.07 Å². The van der Waals surface area contributed by atoms with Gasteiger partial charge in [-0.15, -0.1) is 0 Å². The molecule has 1 heterocycles. The van der Waals surface area contributed by atoms with Gasteiger partial charge in [-0.3, -0.25) is 0 Å². The normalized spacial score (nSPS) is 30.4. The average Bonchev–Trinajstić information content (AvgIpc) is 2.22. The SMILES string of the molecule is CC1COC(c2ccc(F)c(F)c2)C(C)N1. The van der Waals surface area contributed by atoms with Crippen molar-refractivity contribution in [2.45, 2.75) is 32.0 Å². The molecule has 4 heteroatoms. The Labute approximate surface area is 93.6 Å². The van der Waals surface area contributed by atoms with Crippen LogP contribution in [-0.4, -0.2) is 18.7 Å². The molecule has 2 nitrogen and oxygen atoms in total. The molecule has 3 atom stereocenters. The van der Waals surface area contributed by atoms with Crippen LogP contribution in [0.4, 0.5) is 8.78 Å². The minimum atomic E-state index is -0.827. The van der Waals surface area contributed by atoms with E-state index in [4.69, 9.17) is 4.74 Å². The monoisotopic (exact) mass is 227 g/mol. The van der Waals surface area contributed by atoms with Gasteiger partial charge in [-0.1, -0.05) is 6.07 Å². The maximum absolute atomic E-state index is 13.1. The molecular weight excluding hydrogens is 212 g/mol. The van der Waals surface area contributed by atoms with Gasteiger partial charge in [0.2, 0.25) is 0 Å². The summed E-state index contributed by atoms with van der Waals surface area (Å²) < 4.78 is 31.5. The van der Waals surface area contributed by atoms with Gasteiger partial charge in [0.25, 0.3) is 0 Å². The van der Waals surface area contributed by atoms with Crippen LogP contribution in [0.2, 0.25) is 0 Å². The first kappa shape index (κ1) is 11.5. The van der Waals surface area contributed by atoms with E-state index in [-0.39, 0.29) is 18.2 Å². The smallest absolute Gasteiger partial charge is 0.159 e. The van der Waals surface area contributed by atoms with Gasteiger partial charge in [0.15, 0.2) is 11.6 Å². The molecule has 0 spiro atoms. The van der Waals surface area contributed by atoms with E-state index in [2.05, 4.69) is 5.32 Å². The summed E-state index contributed by atoms with van der Waals surface area (Å²) in [5.74, 6) is -1.65. The van der Waals surface area contributed by atoms with Crippen LogP contribution in [0.15, 0.2) is 18.2 Å². The van der Waals surface area contributed by atoms with E-state index >= 15 is 0 Å². The molecule has 2 rings (SSSR count). The lowest BCUT2D eigenvalue weighted by molar-refractivity contribution is -0.0208. The summed E-state index contributed by atoms with van der Waals surface area (Å²) in [6.07, 6.45) is -0.216. The zero-order chi connectivity index (χ0) is 11.7. The second-order valence-electron chi connectivity index (χ2n) is 4.28. The van der Waals surface area contributed by atoms with Gasteiger partial charge in [0.1, 0.15) is 0 Å². The van der Waals surface area contributed by atoms with Crippen molar-refractivity contribution in [3.8, 4) is 0 Å². The van der Waals surface area contributed by atoms with Gasteiger partial charge >= 0.3 is 0 Å². The molecule has 1 aromatic carbocycles. The van der Waals surface area contributed by atoms with Crippen LogP contribution in [0.1, 0.15) is 25.5 Å². The molecule has 0 saturated carbocycles. The first-order valence-electron chi connectivity index (χ1n) is 5.40. The Morgan fingerprint density at radius 2 is 2.00 bits per heavy atom. The lowest BCUT2D eigenvalue weighted by Gasteiger charge is -2.34. The molecule has 1 aliphatic heterocycles. The average molecular weight is 227 g/mol. The summed E-state index contributed by atoms with van der Waals surface area (Å²) in [4.78, 5) is 0. The number of halogens is 2. The van der Waals surface area contributed by atoms with Crippen molar-refractivity contribution in [1.82, 2.24) is 5.32 Å². The number of ether oxygens (including phenoxy) is 1. The predicted molar refractivity (Wildman–Crippen MR) is 57.1 cm³/mol. The van der Waals surface area contributed by atoms with Crippen LogP contribution in [0, 0.1) is 11.6 Å². The highest BCUT2D eigenvalue weighted by atomic mass is 19.2. The molecule has 1 saturated heterocycles. The molecule has 88 valence electrons. The van der Waals surface area contributed by atoms with Crippen molar-refractivity contribution in [3.05, 3.63) is 35.4 Å². The molecular formula is C12H15F2NO. The Bertz CT molecular complexity index is 383. The fraction of sp³-hybridized carbons (Fsp3) is 0.500. The molecule has 0 aromatic heterocycles. The number of morpholine rings is 1. The summed E-state index contributed by atoms with van der Waals surface area (Å²) in [6.45, 7) is 4.58. The number of hydrogen-bond acceptors (Lipinski definition) is 2. The molecule has 1 aliphatic rings. The highest BCUT2D eigenvalue weighted by Gasteiger charge is 2.27. The van der Waals surface area contributed by atoms with Gasteiger partial charge in [-0.05, 0) is 31.5 Å². The van der Waals surface area contributed by atoms with Crippen LogP contribution in [-0.2, 0) is 4.74 Å². The van der Waals surface area contributed by atoms with Gasteiger partial charge in [0, 0.05) is 12.1 Å². The molecule has 0 aliphatic carbocycles. The van der Waals surface area contributed by atoms with E-state index in [1.165, 1.54) is 6.07 Å². The Morgan fingerprint density at radius 1 is 1.25 bits per heavy atom. The predicted octanol–water partition coefficient (Wildman–Crippen LogP) is 2.40. The largest absolute Gasteiger partial charge is 0.370 e. The van der Waals surface area contributed by atoms with E-state index in [0.717, 1.165) is 6.07 Å². The van der Waals surface area contributed by atoms with Crippen LogP contribution in [0.3, 0.4) is 0 Å². The molecule has 0 radical (unpaired) electrons. The Morgan fingerprint density at radius 3 is 2.62 bits per heavy atom. The molecule has 3 unspecified atom stereocenters. The zero-order valence-corrected chi connectivity index (χ0v) is 9.34. The third-order valence-electron chi connectivity index (χ3n) is 2.80. The van der Waals surface area contributed by atoms with E-state index < -0.39 is 11.6 Å². The highest BCUT2D eigenvalue weighted by molar-refractivity contribution is 5.22. The van der Waals surface area contributed by atoms with Gasteiger partial charge < -0.3 is 10.1 Å². The molecule has 1 fully saturated rings. The number of hydrogen-bond donors (Lipinski definition) is 1. The maximum Gasteiger partial charge on any atom is 0.159 e. The van der Waals surface area contributed by atoms with Crippen molar-refractivity contribution in [2.75, 3.05) is 6.61 Å². The van der Waals surface area contributed by atoms with Gasteiger partial charge in [-0.25, -0.2) is 8.78 Å². The van der Waals surface area contributed by atoms with E-state index in [1.807, 2.05) is 13.8 Å². The van der Waals surface area contributed by atoms with Crippen molar-refractivity contribution in [3.63, 3.8) is 0 Å². The van der Waals surface area contributed by atoms with Crippen LogP contribution < -0.4 is 5.32 Å². The van der Waals surface area contributed by atoms with Crippen LogP contribution in [0.25, 0.3) is 0 Å². The van der Waals surface area contributed by atoms with Gasteiger partial charge in [-0.2, -0.15) is 0 Å². The van der Waals surface area contributed by atoms with Crippen molar-refractivity contribution >= 4 is 0 Å². The van der Waals surface area contributed by atoms with E-state index in [9.17, 15) is 8.78 Å². The Kier molecular flexibility index (Phi) is 3.21. The topological polar surface area (TPSA) is 21.3 Å². The van der Waals surface area contributed by atoms with Crippen LogP contribution >= 0.6 is 0 Å². The van der Waals surface area contributed by atoms with Crippen LogP contribution in [0.5, 0.6) is 0 Å². The summed E-state index contributed by atoms with van der Waals surface area (Å²) in [7, 11) is 0. The minimum Gasteiger partial charge on any atom is -0.370 e. The molecule has 1 aromatic rings. The lowest BCUT2D eigenvalue weighted by Crippen LogP contribution is -2.47. The Hall–Kier alpha value is -1.00. The van der Waals surface area contributed by atoms with Crippen molar-refractivity contribution < 1.29 is 13.5 Å². The Balaban J connectivity index is 2.20. The third kappa shape index (κ3) is 2.23. The first-order valence-corrected chi connectivity index (χ1v) is 5.40. The number of benzene rings is 1. The maximum atomic E-state index is 13.1. The summed E-state index contributed by atoms with van der Waals surface area (Å²) in [6, 6.07) is 4.29. The first-order chi connectivity index (χ1) is 7.58.